The predicted molar refractivity (Wildman–Crippen MR) is 158 cm³/mol. The quantitative estimate of drug-likeness (QED) is 0.136. The molecule has 8 rings (SSSR count). The van der Waals surface area contributed by atoms with Crippen LogP contribution in [0.1, 0.15) is 12.5 Å². The number of nitrogens with zero attached hydrogens (tertiary/aromatic N) is 7. The second-order valence-electron chi connectivity index (χ2n) is 10.8. The Morgan fingerprint density at radius 2 is 1.83 bits per heavy atom. The minimum absolute atomic E-state index is 0.0913. The van der Waals surface area contributed by atoms with Crippen LogP contribution < -0.4 is 17.0 Å². The summed E-state index contributed by atoms with van der Waals surface area (Å²) in [6, 6.07) is 0. The standard InChI is InChI=1S/C21H23FN10O10P2S2/c22-8-7-1-37-44(45,46)42-13-12-19(31-5-27-9-14(23)25-4-26-15(9)31)40-21(13,2-36-12)3-38-43(34,35)41-11(8)18(39-7)32-6-28-10-16(32)29-20(24)30-17(10)33/h4-8,11-13,18-19H,1-3H2,(H,34,35)(H,45,46)(H2,23,25,26)(H3,24,29,30,33)/t7-,8+,11-,12-,13+,18-,19-,21-/m1/s1. The normalized spacial score (nSPS) is 39.7. The second kappa shape index (κ2) is 10.7. The third kappa shape index (κ3) is 4.89. The van der Waals surface area contributed by atoms with Crippen LogP contribution in [-0.2, 0) is 48.7 Å². The predicted octanol–water partition coefficient (Wildman–Crippen LogP) is 0.0977. The Labute approximate surface area is 265 Å². The van der Waals surface area contributed by atoms with Crippen LogP contribution in [0.3, 0.4) is 0 Å². The summed E-state index contributed by atoms with van der Waals surface area (Å²) in [5.41, 5.74) is 6.33. The minimum atomic E-state index is -5.09. The van der Waals surface area contributed by atoms with Crippen molar-refractivity contribution in [3.63, 3.8) is 0 Å². The van der Waals surface area contributed by atoms with Crippen molar-refractivity contribution in [3.05, 3.63) is 29.3 Å². The molecule has 8 heterocycles. The average molecular weight is 721 g/mol. The van der Waals surface area contributed by atoms with Crippen molar-refractivity contribution in [3.8, 4) is 0 Å². The van der Waals surface area contributed by atoms with E-state index in [1.54, 1.807) is 4.57 Å². The Morgan fingerprint density at radius 3 is 2.63 bits per heavy atom. The van der Waals surface area contributed by atoms with E-state index in [1.165, 1.54) is 12.7 Å². The summed E-state index contributed by atoms with van der Waals surface area (Å²) in [7, 11) is -5.09. The smallest absolute Gasteiger partial charge is 0.382 e. The molecule has 246 valence electrons. The van der Waals surface area contributed by atoms with Crippen LogP contribution in [0.4, 0.5) is 16.2 Å². The average Bonchev–Trinajstić information content (AvgIpc) is 3.80. The van der Waals surface area contributed by atoms with E-state index < -0.39 is 80.9 Å². The van der Waals surface area contributed by atoms with Gasteiger partial charge >= 0.3 is 7.82 Å². The summed E-state index contributed by atoms with van der Waals surface area (Å²) in [4.78, 5) is 46.0. The number of nitrogens with two attached hydrogens (primary N) is 2. The molecule has 4 aromatic rings. The molecule has 4 aliphatic heterocycles. The van der Waals surface area contributed by atoms with Crippen molar-refractivity contribution in [2.75, 3.05) is 31.3 Å². The Kier molecular flexibility index (Phi) is 7.11. The van der Waals surface area contributed by atoms with Gasteiger partial charge in [0, 0.05) is 0 Å². The van der Waals surface area contributed by atoms with E-state index >= 15 is 4.39 Å². The summed E-state index contributed by atoms with van der Waals surface area (Å²) in [6.07, 6.45) is -5.79. The van der Waals surface area contributed by atoms with Gasteiger partial charge in [0.05, 0.1) is 32.5 Å². The molecule has 25 heteroatoms. The number of anilines is 2. The van der Waals surface area contributed by atoms with Crippen LogP contribution in [0.5, 0.6) is 0 Å². The van der Waals surface area contributed by atoms with Gasteiger partial charge in [0.15, 0.2) is 41.3 Å². The summed E-state index contributed by atoms with van der Waals surface area (Å²) in [5.74, 6) is -0.111. The fourth-order valence-corrected chi connectivity index (χ4v) is 8.87. The Hall–Kier alpha value is -2.66. The number of alkyl halides is 1. The number of nitrogen functional groups attached to an aromatic ring is 2. The highest BCUT2D eigenvalue weighted by molar-refractivity contribution is 8.60. The summed E-state index contributed by atoms with van der Waals surface area (Å²) in [6.45, 7) is -1.29. The highest BCUT2D eigenvalue weighted by Crippen LogP contribution is 2.62. The molecule has 4 aliphatic rings. The van der Waals surface area contributed by atoms with E-state index in [0.29, 0.717) is 11.2 Å². The maximum absolute atomic E-state index is 15.9. The first-order chi connectivity index (χ1) is 21.8. The zero-order valence-electron chi connectivity index (χ0n) is 22.9. The zero-order valence-corrected chi connectivity index (χ0v) is 26.4. The molecule has 0 saturated carbocycles. The lowest BCUT2D eigenvalue weighted by atomic mass is 10.0. The number of hydrogen-bond donors (Lipinski definition) is 5. The number of aromatic nitrogens is 8. The lowest BCUT2D eigenvalue weighted by molar-refractivity contribution is -0.184. The monoisotopic (exact) mass is 720 g/mol. The molecule has 4 saturated heterocycles. The minimum Gasteiger partial charge on any atom is -0.382 e. The molecule has 0 radical (unpaired) electrons. The van der Waals surface area contributed by atoms with E-state index in [-0.39, 0.29) is 29.5 Å². The zero-order chi connectivity index (χ0) is 32.2. The van der Waals surface area contributed by atoms with Crippen LogP contribution in [-0.4, -0.2) is 99.9 Å². The molecule has 0 amide bonds. The number of phosphoric acid groups is 1. The molecule has 0 aliphatic carbocycles. The summed E-state index contributed by atoms with van der Waals surface area (Å²) >= 11 is 10.0. The van der Waals surface area contributed by atoms with E-state index in [4.69, 9.17) is 55.6 Å². The van der Waals surface area contributed by atoms with Crippen molar-refractivity contribution in [1.29, 1.82) is 0 Å². The molecule has 4 aromatic heterocycles. The van der Waals surface area contributed by atoms with Gasteiger partial charge < -0.3 is 39.6 Å². The Morgan fingerprint density at radius 1 is 1.07 bits per heavy atom. The molecule has 10 atom stereocenters. The molecular formula is C21H23FN10O10P2S2. The topological polar surface area (TPSA) is 261 Å². The number of hydrogen-bond acceptors (Lipinski definition) is 17. The molecular weight excluding hydrogens is 697 g/mol. The SMILES string of the molecule is Nc1nc2c(ncn2[C@@H]2O[C@@H]3COP(=S)(S)O[C@H]4[C@H]5OC[C@]4(COP(=O)(O)O[C@@H]2[C@H]3F)O[C@H]5n2cnc3c(N)ncnc32)c(=O)[nH]1. The van der Waals surface area contributed by atoms with Crippen molar-refractivity contribution in [2.24, 2.45) is 0 Å². The largest absolute Gasteiger partial charge is 0.472 e. The number of aromatic amines is 1. The van der Waals surface area contributed by atoms with Gasteiger partial charge in [0.2, 0.25) is 11.6 Å². The molecule has 2 unspecified atom stereocenters. The van der Waals surface area contributed by atoms with Crippen molar-refractivity contribution in [1.82, 2.24) is 39.0 Å². The van der Waals surface area contributed by atoms with Crippen LogP contribution in [0.2, 0.25) is 0 Å². The Balaban J connectivity index is 1.14. The summed E-state index contributed by atoms with van der Waals surface area (Å²) < 4.78 is 73.1. The fourth-order valence-electron chi connectivity index (χ4n) is 5.94. The van der Waals surface area contributed by atoms with Gasteiger partial charge in [0.25, 0.3) is 5.56 Å². The van der Waals surface area contributed by atoms with Gasteiger partial charge in [-0.2, -0.15) is 4.98 Å². The second-order valence-corrected chi connectivity index (χ2v) is 17.5. The molecule has 4 bridgehead atoms. The number of phosphoric ester groups is 1. The van der Waals surface area contributed by atoms with E-state index in [9.17, 15) is 14.3 Å². The van der Waals surface area contributed by atoms with Crippen molar-refractivity contribution in [2.45, 2.75) is 48.6 Å². The summed E-state index contributed by atoms with van der Waals surface area (Å²) in [5, 5.41) is 0. The highest BCUT2D eigenvalue weighted by Gasteiger charge is 2.65. The maximum atomic E-state index is 15.9. The van der Waals surface area contributed by atoms with Gasteiger partial charge in [0.1, 0.15) is 41.9 Å². The molecule has 0 spiro atoms. The number of H-pyrrole nitrogens is 1. The first kappa shape index (κ1) is 30.7. The molecule has 20 nitrogen and oxygen atoms in total. The highest BCUT2D eigenvalue weighted by atomic mass is 32.9. The van der Waals surface area contributed by atoms with Gasteiger partial charge in [-0.25, -0.2) is 28.9 Å². The number of nitrogens with one attached hydrogen (secondary N) is 1. The number of imidazole rings is 2. The number of fused-ring (bicyclic) bond motifs is 4. The third-order valence-corrected chi connectivity index (χ3v) is 11.1. The van der Waals surface area contributed by atoms with Gasteiger partial charge in [-0.3, -0.25) is 28.0 Å². The van der Waals surface area contributed by atoms with Crippen molar-refractivity contribution < 1.29 is 46.2 Å². The van der Waals surface area contributed by atoms with Crippen LogP contribution in [0.25, 0.3) is 22.3 Å². The fraction of sp³-hybridized carbons (Fsp3) is 0.524. The third-order valence-electron chi connectivity index (χ3n) is 8.00. The van der Waals surface area contributed by atoms with E-state index in [2.05, 4.69) is 42.2 Å². The lowest BCUT2D eigenvalue weighted by Gasteiger charge is -2.33. The lowest BCUT2D eigenvalue weighted by Crippen LogP contribution is -2.45. The van der Waals surface area contributed by atoms with Crippen LogP contribution >= 0.6 is 25.8 Å². The van der Waals surface area contributed by atoms with Gasteiger partial charge in [-0.1, -0.05) is 12.2 Å². The van der Waals surface area contributed by atoms with Crippen LogP contribution in [0, 0.1) is 0 Å². The molecule has 0 aromatic carbocycles. The first-order valence-corrected chi connectivity index (χ1v) is 18.7. The number of halogens is 1. The van der Waals surface area contributed by atoms with E-state index in [0.717, 1.165) is 10.9 Å². The molecule has 46 heavy (non-hydrogen) atoms. The first-order valence-electron chi connectivity index (χ1n) is 13.4. The van der Waals surface area contributed by atoms with E-state index in [1.807, 2.05) is 0 Å². The number of thiol groups is 1. The number of rotatable bonds is 2. The number of ether oxygens (including phenoxy) is 3. The Bertz CT molecular complexity index is 2040. The van der Waals surface area contributed by atoms with Crippen molar-refractivity contribution >= 4 is 71.7 Å². The molecule has 4 fully saturated rings. The van der Waals surface area contributed by atoms with Gasteiger partial charge in [-0.15, -0.1) is 0 Å². The van der Waals surface area contributed by atoms with Gasteiger partial charge in [-0.05, 0) is 11.8 Å². The molecule has 6 N–H and O–H groups in total. The maximum Gasteiger partial charge on any atom is 0.472 e. The van der Waals surface area contributed by atoms with Crippen LogP contribution in [0.15, 0.2) is 23.8 Å².